The predicted octanol–water partition coefficient (Wildman–Crippen LogP) is 3.73. The highest BCUT2D eigenvalue weighted by Gasteiger charge is 2.35. The van der Waals surface area contributed by atoms with Crippen molar-refractivity contribution in [2.24, 2.45) is 0 Å². The van der Waals surface area contributed by atoms with Crippen molar-refractivity contribution < 1.29 is 26.9 Å². The molecule has 2 atom stereocenters. The van der Waals surface area contributed by atoms with Gasteiger partial charge in [0.05, 0.1) is 6.10 Å². The van der Waals surface area contributed by atoms with Gasteiger partial charge in [0.1, 0.15) is 12.7 Å². The van der Waals surface area contributed by atoms with Crippen molar-refractivity contribution in [3.63, 3.8) is 0 Å². The van der Waals surface area contributed by atoms with E-state index in [1.807, 2.05) is 0 Å². The van der Waals surface area contributed by atoms with Crippen LogP contribution in [0.25, 0.3) is 0 Å². The van der Waals surface area contributed by atoms with Gasteiger partial charge >= 0.3 is 15.5 Å². The molecule has 6 nitrogen and oxygen atoms in total. The lowest BCUT2D eigenvalue weighted by atomic mass is 10.1. The van der Waals surface area contributed by atoms with Gasteiger partial charge in [-0.15, -0.1) is 0 Å². The van der Waals surface area contributed by atoms with Gasteiger partial charge in [-0.05, 0) is 52.6 Å². The first kappa shape index (κ1) is 25.7. The molecule has 9 heteroatoms. The predicted molar refractivity (Wildman–Crippen MR) is 112 cm³/mol. The third-order valence-electron chi connectivity index (χ3n) is 3.20. The molecule has 0 aliphatic heterocycles. The third kappa shape index (κ3) is 12.2. The van der Waals surface area contributed by atoms with Gasteiger partial charge in [0.25, 0.3) is 0 Å². The van der Waals surface area contributed by atoms with Crippen molar-refractivity contribution >= 4 is 32.1 Å². The Hall–Kier alpha value is -0.299. The summed E-state index contributed by atoms with van der Waals surface area (Å²) < 4.78 is 29.7. The van der Waals surface area contributed by atoms with Gasteiger partial charge in [-0.2, -0.15) is 0 Å². The molecule has 2 unspecified atom stereocenters. The molecule has 26 heavy (non-hydrogen) atoms. The van der Waals surface area contributed by atoms with Gasteiger partial charge in [-0.25, -0.2) is 4.79 Å². The van der Waals surface area contributed by atoms with Crippen molar-refractivity contribution in [2.75, 3.05) is 13.7 Å². The average Bonchev–Trinajstić information content (AvgIpc) is 2.45. The van der Waals surface area contributed by atoms with Crippen molar-refractivity contribution in [1.29, 1.82) is 0 Å². The topological polar surface area (TPSA) is 63.2 Å². The van der Waals surface area contributed by atoms with Gasteiger partial charge in [0, 0.05) is 12.7 Å². The summed E-state index contributed by atoms with van der Waals surface area (Å²) in [6, 6.07) is 0. The Balaban J connectivity index is 5.31. The van der Waals surface area contributed by atoms with E-state index in [-0.39, 0.29) is 12.7 Å². The summed E-state index contributed by atoms with van der Waals surface area (Å²) in [5, 5.41) is 0. The minimum atomic E-state index is -2.39. The van der Waals surface area contributed by atoms with E-state index < -0.39 is 38.2 Å². The number of ether oxygens (including phenoxy) is 2. The highest BCUT2D eigenvalue weighted by Crippen LogP contribution is 2.18. The molecule has 0 saturated heterocycles. The summed E-state index contributed by atoms with van der Waals surface area (Å²) >= 11 is 0. The Morgan fingerprint density at radius 2 is 1.54 bits per heavy atom. The van der Waals surface area contributed by atoms with Crippen molar-refractivity contribution in [3.8, 4) is 0 Å². The van der Waals surface area contributed by atoms with Crippen molar-refractivity contribution in [1.82, 2.24) is 0 Å². The molecule has 0 aromatic rings. The maximum Gasteiger partial charge on any atom is 0.463 e. The number of carbonyl (C=O) groups excluding carboxylic acids is 1. The number of carbonyl (C=O) groups is 1. The molecule has 0 bridgehead atoms. The van der Waals surface area contributed by atoms with Crippen molar-refractivity contribution in [2.45, 2.75) is 78.2 Å². The smallest absolute Gasteiger partial charge is 0.460 e. The summed E-state index contributed by atoms with van der Waals surface area (Å²) in [7, 11) is -4.43. The molecular weight excluding hydrogens is 384 g/mol. The minimum absolute atomic E-state index is 0.0951. The van der Waals surface area contributed by atoms with E-state index in [2.05, 4.69) is 52.8 Å². The second-order valence-electron chi connectivity index (χ2n) is 8.37. The molecule has 0 amide bonds. The second kappa shape index (κ2) is 11.5. The van der Waals surface area contributed by atoms with Crippen LogP contribution in [0.1, 0.15) is 26.7 Å². The molecule has 0 aromatic heterocycles. The molecule has 0 spiro atoms. The summed E-state index contributed by atoms with van der Waals surface area (Å²) in [6.07, 6.45) is 1.12. The number of hydrogen-bond donors (Lipinski definition) is 0. The van der Waals surface area contributed by atoms with Gasteiger partial charge in [-0.1, -0.05) is 19.9 Å². The molecule has 0 rings (SSSR count). The van der Waals surface area contributed by atoms with E-state index in [0.29, 0.717) is 5.57 Å². The lowest BCUT2D eigenvalue weighted by molar-refractivity contribution is -0.145. The monoisotopic (exact) mass is 422 g/mol. The fourth-order valence-corrected chi connectivity index (χ4v) is 8.28. The summed E-state index contributed by atoms with van der Waals surface area (Å²) in [6.45, 7) is 20.1. The van der Waals surface area contributed by atoms with Crippen LogP contribution in [0.4, 0.5) is 0 Å². The number of methoxy groups -OCH3 is 1. The number of esters is 1. The SMILES string of the molecule is C=C(C)C(=O)OCC(O[SiH](O[Si](C)(C)C)O[Si](C)(C)C)C(CCC)OC. The first-order valence-corrected chi connectivity index (χ1v) is 17.4. The molecular formula is C17H38O6Si3. The molecule has 0 fully saturated rings. The Kier molecular flexibility index (Phi) is 11.4. The molecule has 0 heterocycles. The van der Waals surface area contributed by atoms with Crippen molar-refractivity contribution in [3.05, 3.63) is 12.2 Å². The molecule has 0 N–H and O–H groups in total. The average molecular weight is 423 g/mol. The maximum absolute atomic E-state index is 11.8. The Labute approximate surface area is 163 Å². The zero-order valence-corrected chi connectivity index (χ0v) is 21.2. The first-order chi connectivity index (χ1) is 11.8. The van der Waals surface area contributed by atoms with Crippen LogP contribution < -0.4 is 0 Å². The Morgan fingerprint density at radius 3 is 1.88 bits per heavy atom. The van der Waals surface area contributed by atoms with Crippen LogP contribution in [0.5, 0.6) is 0 Å². The lowest BCUT2D eigenvalue weighted by Gasteiger charge is -2.34. The van der Waals surface area contributed by atoms with E-state index in [4.69, 9.17) is 22.1 Å². The maximum atomic E-state index is 11.8. The lowest BCUT2D eigenvalue weighted by Crippen LogP contribution is -2.49. The molecule has 154 valence electrons. The first-order valence-electron chi connectivity index (χ1n) is 9.15. The third-order valence-corrected chi connectivity index (χ3v) is 11.0. The highest BCUT2D eigenvalue weighted by molar-refractivity contribution is 6.79. The molecule has 0 saturated carbocycles. The van der Waals surface area contributed by atoms with Crippen LogP contribution in [-0.4, -0.2) is 58.1 Å². The van der Waals surface area contributed by atoms with Crippen LogP contribution >= 0.6 is 0 Å². The number of rotatable bonds is 13. The van der Waals surface area contributed by atoms with E-state index in [9.17, 15) is 4.79 Å². The largest absolute Gasteiger partial charge is 0.463 e. The summed E-state index contributed by atoms with van der Waals surface area (Å²) in [5.41, 5.74) is 0.360. The van der Waals surface area contributed by atoms with Crippen LogP contribution in [0.15, 0.2) is 12.2 Å². The molecule has 0 radical (unpaired) electrons. The molecule has 0 aliphatic carbocycles. The van der Waals surface area contributed by atoms with Crippen LogP contribution in [0, 0.1) is 0 Å². The summed E-state index contributed by atoms with van der Waals surface area (Å²) in [5.74, 6) is -0.430. The van der Waals surface area contributed by atoms with Crippen LogP contribution in [-0.2, 0) is 26.9 Å². The highest BCUT2D eigenvalue weighted by atomic mass is 28.5. The molecule has 0 aromatic carbocycles. The summed E-state index contributed by atoms with van der Waals surface area (Å²) in [4.78, 5) is 11.8. The second-order valence-corrected chi connectivity index (χ2v) is 19.5. The minimum Gasteiger partial charge on any atom is -0.460 e. The van der Waals surface area contributed by atoms with E-state index >= 15 is 0 Å². The fourth-order valence-electron chi connectivity index (χ4n) is 2.05. The van der Waals surface area contributed by atoms with Gasteiger partial charge in [0.15, 0.2) is 16.6 Å². The zero-order valence-electron chi connectivity index (χ0n) is 18.0. The zero-order chi connectivity index (χ0) is 20.5. The van der Waals surface area contributed by atoms with E-state index in [0.717, 1.165) is 12.8 Å². The van der Waals surface area contributed by atoms with Crippen LogP contribution in [0.2, 0.25) is 39.3 Å². The van der Waals surface area contributed by atoms with Gasteiger partial charge in [-0.3, -0.25) is 0 Å². The van der Waals surface area contributed by atoms with E-state index in [1.165, 1.54) is 0 Å². The standard InChI is InChI=1S/C17H38O6Si3/c1-11-12-15(19-4)16(13-20-17(18)14(2)3)21-24(22-25(5,6)7)23-26(8,9)10/h15-16,24H,2,11-13H2,1,3-10H3. The molecule has 0 aliphatic rings. The fraction of sp³-hybridized carbons (Fsp3) is 0.824. The quantitative estimate of drug-likeness (QED) is 0.256. The Morgan fingerprint density at radius 1 is 1.04 bits per heavy atom. The van der Waals surface area contributed by atoms with E-state index in [1.54, 1.807) is 14.0 Å². The normalized spacial score (nSPS) is 15.0. The van der Waals surface area contributed by atoms with Crippen LogP contribution in [0.3, 0.4) is 0 Å². The number of hydrogen-bond acceptors (Lipinski definition) is 6. The Bertz CT molecular complexity index is 429. The van der Waals surface area contributed by atoms with Gasteiger partial charge in [0.2, 0.25) is 0 Å². The van der Waals surface area contributed by atoms with Gasteiger partial charge < -0.3 is 22.1 Å².